The van der Waals surface area contributed by atoms with Gasteiger partial charge in [0.25, 0.3) is 0 Å². The van der Waals surface area contributed by atoms with Crippen LogP contribution in [0.15, 0.2) is 57.7 Å². The highest BCUT2D eigenvalue weighted by Crippen LogP contribution is 2.38. The van der Waals surface area contributed by atoms with E-state index in [4.69, 9.17) is 14.7 Å². The summed E-state index contributed by atoms with van der Waals surface area (Å²) >= 11 is 3.41. The molecule has 10 heteroatoms. The Hall–Kier alpha value is -2.69. The topological polar surface area (TPSA) is 68.4 Å². The molecule has 2 aromatic heterocycles. The minimum atomic E-state index is -0.0283. The van der Waals surface area contributed by atoms with Crippen molar-refractivity contribution in [1.29, 1.82) is 0 Å². The van der Waals surface area contributed by atoms with Crippen LogP contribution in [0.2, 0.25) is 0 Å². The highest BCUT2D eigenvalue weighted by atomic mass is 32.1. The minimum Gasteiger partial charge on any atom is -0.425 e. The Morgan fingerprint density at radius 2 is 2.06 bits per heavy atom. The quantitative estimate of drug-likeness (QED) is 0.695. The lowest BCUT2D eigenvalue weighted by atomic mass is 10.2. The average Bonchev–Trinajstić information content (AvgIpc) is 3.19. The number of rotatable bonds is 4. The van der Waals surface area contributed by atoms with E-state index in [0.717, 1.165) is 55.9 Å². The van der Waals surface area contributed by atoms with Crippen molar-refractivity contribution in [3.63, 3.8) is 0 Å². The molecule has 4 aliphatic rings. The number of aromatic nitrogens is 1. The number of piperazine rings is 1. The molecule has 32 heavy (non-hydrogen) atoms. The standard InChI is InChI=1S/C22H25N7OS2/c1-27-9-11-28(12-10-27)22-26-20(30-15-6-3-2-4-7-15)24-18-19(29(18)22)25-21-23-14-17(32-21)16-8-5-13-31-16/h3,5-8,13-14,18-19H,2,4,9-12H2,1H3,(H,23,25). The van der Waals surface area contributed by atoms with E-state index >= 15 is 0 Å². The molecule has 0 saturated carbocycles. The summed E-state index contributed by atoms with van der Waals surface area (Å²) < 4.78 is 6.06. The number of hydrogen-bond donors (Lipinski definition) is 1. The van der Waals surface area contributed by atoms with Crippen molar-refractivity contribution in [3.8, 4) is 9.75 Å². The van der Waals surface area contributed by atoms with Crippen molar-refractivity contribution in [1.82, 2.24) is 19.7 Å². The van der Waals surface area contributed by atoms with E-state index in [1.165, 1.54) is 9.75 Å². The molecule has 1 N–H and O–H groups in total. The van der Waals surface area contributed by atoms with Gasteiger partial charge < -0.3 is 19.9 Å². The Morgan fingerprint density at radius 3 is 2.84 bits per heavy atom. The van der Waals surface area contributed by atoms with E-state index in [9.17, 15) is 0 Å². The third-order valence-electron chi connectivity index (χ3n) is 5.94. The lowest BCUT2D eigenvalue weighted by Crippen LogP contribution is -2.50. The molecule has 0 amide bonds. The zero-order valence-electron chi connectivity index (χ0n) is 17.8. The molecule has 2 atom stereocenters. The first-order chi connectivity index (χ1) is 15.7. The van der Waals surface area contributed by atoms with Gasteiger partial charge in [0.05, 0.1) is 4.88 Å². The van der Waals surface area contributed by atoms with Gasteiger partial charge in [-0.25, -0.2) is 9.98 Å². The predicted molar refractivity (Wildman–Crippen MR) is 130 cm³/mol. The van der Waals surface area contributed by atoms with Crippen molar-refractivity contribution in [3.05, 3.63) is 47.7 Å². The van der Waals surface area contributed by atoms with Crippen LogP contribution in [0.4, 0.5) is 5.13 Å². The Kier molecular flexibility index (Phi) is 5.20. The number of aliphatic imine (C=N–C) groups is 2. The van der Waals surface area contributed by atoms with Crippen molar-refractivity contribution in [2.24, 2.45) is 9.98 Å². The van der Waals surface area contributed by atoms with Crippen LogP contribution < -0.4 is 5.32 Å². The number of amidine groups is 1. The number of nitrogens with zero attached hydrogens (tertiary/aromatic N) is 6. The van der Waals surface area contributed by atoms with E-state index in [2.05, 4.69) is 61.7 Å². The van der Waals surface area contributed by atoms with Gasteiger partial charge in [-0.1, -0.05) is 23.5 Å². The fourth-order valence-electron chi connectivity index (χ4n) is 4.08. The van der Waals surface area contributed by atoms with Crippen LogP contribution in [0.5, 0.6) is 0 Å². The highest BCUT2D eigenvalue weighted by molar-refractivity contribution is 7.23. The lowest BCUT2D eigenvalue weighted by molar-refractivity contribution is 0.205. The SMILES string of the molecule is CN1CCN(C2=NC(OC3=CCCC=C3)=NC3C(Nc4ncc(-c5cccs5)s4)N23)CC1. The Morgan fingerprint density at radius 1 is 1.16 bits per heavy atom. The number of ether oxygens (including phenoxy) is 1. The van der Waals surface area contributed by atoms with Gasteiger partial charge in [0.1, 0.15) is 11.9 Å². The summed E-state index contributed by atoms with van der Waals surface area (Å²) in [5.74, 6) is 1.77. The summed E-state index contributed by atoms with van der Waals surface area (Å²) in [5.41, 5.74) is 0. The van der Waals surface area contributed by atoms with Crippen LogP contribution in [0.1, 0.15) is 12.8 Å². The van der Waals surface area contributed by atoms with Crippen LogP contribution in [0.3, 0.4) is 0 Å². The second-order valence-electron chi connectivity index (χ2n) is 8.22. The van der Waals surface area contributed by atoms with E-state index in [1.54, 1.807) is 22.7 Å². The molecular weight excluding hydrogens is 442 g/mol. The van der Waals surface area contributed by atoms with Gasteiger partial charge in [0.15, 0.2) is 11.3 Å². The van der Waals surface area contributed by atoms with Crippen molar-refractivity contribution in [2.45, 2.75) is 25.2 Å². The second-order valence-corrected chi connectivity index (χ2v) is 10.2. The maximum atomic E-state index is 6.06. The van der Waals surface area contributed by atoms with Crippen LogP contribution in [0.25, 0.3) is 9.75 Å². The van der Waals surface area contributed by atoms with Gasteiger partial charge in [0, 0.05) is 37.3 Å². The number of anilines is 1. The monoisotopic (exact) mass is 467 g/mol. The molecule has 2 unspecified atom stereocenters. The van der Waals surface area contributed by atoms with Crippen LogP contribution in [-0.2, 0) is 4.74 Å². The number of thiophene rings is 1. The van der Waals surface area contributed by atoms with Gasteiger partial charge in [-0.3, -0.25) is 4.90 Å². The normalized spacial score (nSPS) is 25.1. The number of hydrogen-bond acceptors (Lipinski definition) is 10. The minimum absolute atomic E-state index is 0.0283. The third kappa shape index (κ3) is 3.94. The molecule has 5 heterocycles. The van der Waals surface area contributed by atoms with Gasteiger partial charge >= 0.3 is 6.02 Å². The van der Waals surface area contributed by atoms with Crippen LogP contribution >= 0.6 is 22.7 Å². The average molecular weight is 468 g/mol. The van der Waals surface area contributed by atoms with E-state index < -0.39 is 0 Å². The first-order valence-corrected chi connectivity index (χ1v) is 12.6. The maximum absolute atomic E-state index is 6.06. The molecule has 0 aromatic carbocycles. The van der Waals surface area contributed by atoms with Gasteiger partial charge in [0.2, 0.25) is 5.96 Å². The summed E-state index contributed by atoms with van der Waals surface area (Å²) in [5, 5.41) is 6.57. The second kappa shape index (κ2) is 8.34. The molecule has 0 spiro atoms. The number of guanidine groups is 1. The number of allylic oxidation sites excluding steroid dienone is 3. The molecule has 2 aromatic rings. The van der Waals surface area contributed by atoms with Crippen molar-refractivity contribution < 1.29 is 4.74 Å². The summed E-state index contributed by atoms with van der Waals surface area (Å²) in [4.78, 5) is 23.6. The van der Waals surface area contributed by atoms with Gasteiger partial charge in [-0.05, 0) is 43.5 Å². The third-order valence-corrected chi connectivity index (χ3v) is 7.94. The number of thiazole rings is 1. The summed E-state index contributed by atoms with van der Waals surface area (Å²) in [6, 6.07) is 4.64. The van der Waals surface area contributed by atoms with Gasteiger partial charge in [-0.2, -0.15) is 4.99 Å². The van der Waals surface area contributed by atoms with Gasteiger partial charge in [-0.15, -0.1) is 11.3 Å². The summed E-state index contributed by atoms with van der Waals surface area (Å²) in [6.07, 6.45) is 10.2. The number of likely N-dealkylation sites (N-methyl/N-ethyl adjacent to an activating group) is 1. The molecule has 8 nitrogen and oxygen atoms in total. The Labute approximate surface area is 195 Å². The first-order valence-electron chi connectivity index (χ1n) is 10.9. The molecule has 3 aliphatic heterocycles. The maximum Gasteiger partial charge on any atom is 0.322 e. The van der Waals surface area contributed by atoms with E-state index in [-0.39, 0.29) is 12.3 Å². The van der Waals surface area contributed by atoms with E-state index in [1.807, 2.05) is 12.3 Å². The smallest absolute Gasteiger partial charge is 0.322 e. The Balaban J connectivity index is 1.22. The van der Waals surface area contributed by atoms with Crippen LogP contribution in [-0.4, -0.2) is 77.2 Å². The number of fused-ring (bicyclic) bond motifs is 1. The molecule has 2 saturated heterocycles. The molecule has 0 radical (unpaired) electrons. The highest BCUT2D eigenvalue weighted by Gasteiger charge is 2.55. The summed E-state index contributed by atoms with van der Waals surface area (Å²) in [7, 11) is 2.16. The molecule has 166 valence electrons. The lowest BCUT2D eigenvalue weighted by Gasteiger charge is -2.35. The summed E-state index contributed by atoms with van der Waals surface area (Å²) in [6.45, 7) is 3.93. The van der Waals surface area contributed by atoms with Crippen molar-refractivity contribution in [2.75, 3.05) is 38.5 Å². The molecule has 6 rings (SSSR count). The zero-order valence-corrected chi connectivity index (χ0v) is 19.5. The molecule has 1 aliphatic carbocycles. The fraction of sp³-hybridized carbons (Fsp3) is 0.409. The zero-order chi connectivity index (χ0) is 21.5. The fourth-order valence-corrected chi connectivity index (χ4v) is 5.75. The molecular formula is C22H25N7OS2. The molecule has 2 fully saturated rings. The first kappa shape index (κ1) is 20.0. The largest absolute Gasteiger partial charge is 0.425 e. The Bertz CT molecular complexity index is 1100. The van der Waals surface area contributed by atoms with E-state index in [0.29, 0.717) is 6.02 Å². The molecule has 0 bridgehead atoms. The van der Waals surface area contributed by atoms with Crippen molar-refractivity contribution >= 4 is 39.8 Å². The number of nitrogens with one attached hydrogen (secondary N) is 1. The predicted octanol–water partition coefficient (Wildman–Crippen LogP) is 3.47. The van der Waals surface area contributed by atoms with Crippen LogP contribution in [0, 0.1) is 0 Å².